The van der Waals surface area contributed by atoms with Crippen molar-refractivity contribution in [1.82, 2.24) is 0 Å². The second-order valence-corrected chi connectivity index (χ2v) is 13.4. The van der Waals surface area contributed by atoms with Crippen molar-refractivity contribution < 1.29 is 19.5 Å². The van der Waals surface area contributed by atoms with Crippen LogP contribution in [0.5, 0.6) is 0 Å². The third-order valence-electron chi connectivity index (χ3n) is 11.6. The first-order valence-corrected chi connectivity index (χ1v) is 13.3. The Kier molecular flexibility index (Phi) is 6.10. The third-order valence-corrected chi connectivity index (χ3v) is 11.6. The Bertz CT molecular complexity index is 957. The molecular formula is C30H44O4. The van der Waals surface area contributed by atoms with E-state index in [1.807, 2.05) is 0 Å². The molecule has 4 aliphatic carbocycles. The molecule has 0 saturated heterocycles. The van der Waals surface area contributed by atoms with Gasteiger partial charge in [-0.1, -0.05) is 59.8 Å². The summed E-state index contributed by atoms with van der Waals surface area (Å²) in [7, 11) is 0. The van der Waals surface area contributed by atoms with E-state index in [2.05, 4.69) is 54.2 Å². The predicted octanol–water partition coefficient (Wildman–Crippen LogP) is 6.79. The van der Waals surface area contributed by atoms with Gasteiger partial charge in [0.05, 0.1) is 0 Å². The molecule has 0 amide bonds. The Hall–Kier alpha value is -1.71. The zero-order valence-electron chi connectivity index (χ0n) is 22.1. The lowest BCUT2D eigenvalue weighted by molar-refractivity contribution is -0.146. The Labute approximate surface area is 205 Å². The van der Waals surface area contributed by atoms with E-state index in [9.17, 15) is 14.4 Å². The molecule has 0 heterocycles. The van der Waals surface area contributed by atoms with Gasteiger partial charge in [-0.15, -0.1) is 0 Å². The van der Waals surface area contributed by atoms with Crippen molar-refractivity contribution in [2.24, 2.45) is 45.3 Å². The third kappa shape index (κ3) is 3.49. The van der Waals surface area contributed by atoms with Crippen molar-refractivity contribution in [2.75, 3.05) is 0 Å². The van der Waals surface area contributed by atoms with E-state index in [-0.39, 0.29) is 45.4 Å². The van der Waals surface area contributed by atoms with Gasteiger partial charge >= 0.3 is 5.97 Å². The molecule has 4 heteroatoms. The highest BCUT2D eigenvalue weighted by Gasteiger charge is 2.65. The Morgan fingerprint density at radius 2 is 1.79 bits per heavy atom. The summed E-state index contributed by atoms with van der Waals surface area (Å²) in [6.45, 7) is 17.5. The molecule has 0 aliphatic heterocycles. The van der Waals surface area contributed by atoms with Gasteiger partial charge in [-0.2, -0.15) is 0 Å². The van der Waals surface area contributed by atoms with Crippen molar-refractivity contribution >= 4 is 17.5 Å². The van der Waals surface area contributed by atoms with Crippen LogP contribution in [0.1, 0.15) is 99.3 Å². The molecule has 3 fully saturated rings. The van der Waals surface area contributed by atoms with Crippen LogP contribution in [-0.4, -0.2) is 22.6 Å². The highest BCUT2D eigenvalue weighted by molar-refractivity contribution is 5.94. The molecule has 1 N–H and O–H groups in total. The lowest BCUT2D eigenvalue weighted by atomic mass is 9.41. The van der Waals surface area contributed by atoms with E-state index < -0.39 is 5.97 Å². The lowest BCUT2D eigenvalue weighted by Gasteiger charge is -2.63. The number of carboxylic acids is 1. The van der Waals surface area contributed by atoms with Crippen LogP contribution in [0.3, 0.4) is 0 Å². The first-order valence-electron chi connectivity index (χ1n) is 13.3. The van der Waals surface area contributed by atoms with E-state index in [0.29, 0.717) is 36.4 Å². The second kappa shape index (κ2) is 8.17. The summed E-state index contributed by atoms with van der Waals surface area (Å²) in [5, 5.41) is 9.09. The number of allylic oxidation sites excluding steroid dienone is 2. The van der Waals surface area contributed by atoms with Crippen LogP contribution < -0.4 is 0 Å². The van der Waals surface area contributed by atoms with E-state index in [1.165, 1.54) is 6.42 Å². The maximum Gasteiger partial charge on any atom is 0.331 e. The van der Waals surface area contributed by atoms with E-state index in [4.69, 9.17) is 5.11 Å². The fraction of sp³-hybridized carbons (Fsp3) is 0.767. The minimum absolute atomic E-state index is 0.00729. The smallest absolute Gasteiger partial charge is 0.331 e. The van der Waals surface area contributed by atoms with E-state index >= 15 is 0 Å². The number of hydrogen-bond acceptors (Lipinski definition) is 3. The van der Waals surface area contributed by atoms with Gasteiger partial charge in [-0.3, -0.25) is 9.59 Å². The van der Waals surface area contributed by atoms with Gasteiger partial charge < -0.3 is 5.11 Å². The van der Waals surface area contributed by atoms with Crippen molar-refractivity contribution in [1.29, 1.82) is 0 Å². The number of hydrogen-bond donors (Lipinski definition) is 1. The number of carboxylic acid groups (broad SMARTS) is 1. The van der Waals surface area contributed by atoms with Crippen LogP contribution in [0.2, 0.25) is 0 Å². The van der Waals surface area contributed by atoms with Gasteiger partial charge in [0.1, 0.15) is 11.6 Å². The molecule has 0 spiro atoms. The molecule has 4 rings (SSSR count). The highest BCUT2D eigenvalue weighted by atomic mass is 16.4. The lowest BCUT2D eigenvalue weighted by Crippen LogP contribution is -2.57. The molecule has 34 heavy (non-hydrogen) atoms. The van der Waals surface area contributed by atoms with Gasteiger partial charge in [0.15, 0.2) is 0 Å². The molecular weight excluding hydrogens is 424 g/mol. The average Bonchev–Trinajstić information content (AvgIpc) is 3.02. The molecule has 4 aliphatic rings. The van der Waals surface area contributed by atoms with E-state index in [1.54, 1.807) is 5.57 Å². The van der Waals surface area contributed by atoms with Gasteiger partial charge in [0.25, 0.3) is 0 Å². The maximum absolute atomic E-state index is 12.8. The summed E-state index contributed by atoms with van der Waals surface area (Å²) >= 11 is 0. The van der Waals surface area contributed by atoms with Gasteiger partial charge in [0.2, 0.25) is 0 Å². The van der Waals surface area contributed by atoms with Crippen LogP contribution in [0.4, 0.5) is 0 Å². The summed E-state index contributed by atoms with van der Waals surface area (Å²) < 4.78 is 0. The standard InChI is InChI=1S/C30H44O4/c1-18(16-20(31)17-19(2)26(33)34)21-10-14-30(7)23-8-9-24-27(3,4)25(32)12-13-28(24,5)22(23)11-15-29(21,30)6/h8,18,21-22,24H,2,9-17H2,1,3-7H3,(H,33,34)/t18-,21-,22-,24+,28-,29-,30+/m1/s1. The average molecular weight is 469 g/mol. The van der Waals surface area contributed by atoms with Crippen LogP contribution in [0.25, 0.3) is 0 Å². The molecule has 0 bridgehead atoms. The number of ketones is 2. The number of carbonyl (C=O) groups is 3. The molecule has 4 nitrogen and oxygen atoms in total. The Balaban J connectivity index is 1.58. The normalized spacial score (nSPS) is 41.5. The Morgan fingerprint density at radius 1 is 1.12 bits per heavy atom. The van der Waals surface area contributed by atoms with Gasteiger partial charge in [-0.05, 0) is 78.4 Å². The number of Topliss-reactive ketones (excluding diaryl/α,β-unsaturated/α-hetero) is 2. The van der Waals surface area contributed by atoms with Crippen LogP contribution >= 0.6 is 0 Å². The van der Waals surface area contributed by atoms with Crippen LogP contribution in [0.15, 0.2) is 23.8 Å². The monoisotopic (exact) mass is 468 g/mol. The minimum atomic E-state index is -1.08. The molecule has 188 valence electrons. The van der Waals surface area contributed by atoms with Crippen molar-refractivity contribution in [2.45, 2.75) is 99.3 Å². The zero-order chi connectivity index (χ0) is 25.3. The topological polar surface area (TPSA) is 71.4 Å². The molecule has 3 saturated carbocycles. The molecule has 0 aromatic rings. The van der Waals surface area contributed by atoms with Crippen LogP contribution in [-0.2, 0) is 14.4 Å². The second-order valence-electron chi connectivity index (χ2n) is 13.4. The highest BCUT2D eigenvalue weighted by Crippen LogP contribution is 2.73. The van der Waals surface area contributed by atoms with Gasteiger partial charge in [0, 0.05) is 30.3 Å². The van der Waals surface area contributed by atoms with E-state index in [0.717, 1.165) is 32.1 Å². The molecule has 0 radical (unpaired) electrons. The van der Waals surface area contributed by atoms with Crippen molar-refractivity contribution in [3.63, 3.8) is 0 Å². The molecule has 0 aromatic heterocycles. The fourth-order valence-electron chi connectivity index (χ4n) is 9.35. The fourth-order valence-corrected chi connectivity index (χ4v) is 9.35. The summed E-state index contributed by atoms with van der Waals surface area (Å²) in [4.78, 5) is 36.5. The summed E-state index contributed by atoms with van der Waals surface area (Å²) in [5.41, 5.74) is 1.84. The maximum atomic E-state index is 12.8. The quantitative estimate of drug-likeness (QED) is 0.344. The number of aliphatic carboxylic acids is 1. The van der Waals surface area contributed by atoms with Crippen LogP contribution in [0, 0.1) is 45.3 Å². The van der Waals surface area contributed by atoms with Gasteiger partial charge in [-0.25, -0.2) is 4.79 Å². The SMILES string of the molecule is C=C(CC(=O)C[C@@H](C)[C@H]1CC[C@@]2(C)C3=CC[C@H]4C(C)(C)C(=O)CC[C@]4(C)[C@@H]3CC[C@]12C)C(=O)O. The first-order chi connectivity index (χ1) is 15.7. The molecule has 0 unspecified atom stereocenters. The number of rotatable bonds is 6. The summed E-state index contributed by atoms with van der Waals surface area (Å²) in [6.07, 6.45) is 10.2. The number of carbonyl (C=O) groups excluding carboxylic acids is 2. The summed E-state index contributed by atoms with van der Waals surface area (Å²) in [6, 6.07) is 0. The molecule has 0 aromatic carbocycles. The number of fused-ring (bicyclic) bond motifs is 5. The van der Waals surface area contributed by atoms with Crippen molar-refractivity contribution in [3.05, 3.63) is 23.8 Å². The van der Waals surface area contributed by atoms with Crippen molar-refractivity contribution in [3.8, 4) is 0 Å². The largest absolute Gasteiger partial charge is 0.478 e. The minimum Gasteiger partial charge on any atom is -0.478 e. The Morgan fingerprint density at radius 3 is 2.44 bits per heavy atom. The summed E-state index contributed by atoms with van der Waals surface area (Å²) in [5.74, 6) is 0.997. The first kappa shape index (κ1) is 25.4. The zero-order valence-corrected chi connectivity index (χ0v) is 22.1. The molecule has 7 atom stereocenters. The predicted molar refractivity (Wildman–Crippen MR) is 134 cm³/mol.